The highest BCUT2D eigenvalue weighted by Crippen LogP contribution is 2.15. The Kier molecular flexibility index (Phi) is 8.45. The summed E-state index contributed by atoms with van der Waals surface area (Å²) in [5, 5.41) is 15.6. The largest absolute Gasteiger partial charge is 0.467 e. The number of nitrogens with zero attached hydrogens (tertiary/aromatic N) is 1. The van der Waals surface area contributed by atoms with Crippen LogP contribution in [0.5, 0.6) is 0 Å². The molecule has 2 aromatic rings. The number of methoxy groups -OCH3 is 1. The first-order chi connectivity index (χ1) is 14.4. The van der Waals surface area contributed by atoms with E-state index < -0.39 is 42.0 Å². The number of carbonyl (C=O) groups excluding carboxylic acids is 3. The van der Waals surface area contributed by atoms with Crippen LogP contribution in [0.15, 0.2) is 54.6 Å². The molecule has 0 radical (unpaired) electrons. The second-order valence-corrected chi connectivity index (χ2v) is 6.18. The number of nitrogens with one attached hydrogen (secondary N) is 2. The molecular formula is C20H21N3O7. The molecule has 2 rings (SSSR count). The number of non-ortho nitro benzene ring substituents is 1. The van der Waals surface area contributed by atoms with E-state index >= 15 is 0 Å². The van der Waals surface area contributed by atoms with Crippen LogP contribution in [0.1, 0.15) is 5.56 Å². The molecule has 0 fully saturated rings. The third-order valence-corrected chi connectivity index (χ3v) is 3.93. The molecule has 0 aliphatic rings. The summed E-state index contributed by atoms with van der Waals surface area (Å²) in [6.45, 7) is -0.845. The molecule has 2 N–H and O–H groups in total. The minimum atomic E-state index is -0.887. The van der Waals surface area contributed by atoms with Crippen molar-refractivity contribution in [1.82, 2.24) is 5.32 Å². The van der Waals surface area contributed by atoms with E-state index in [1.807, 2.05) is 30.3 Å². The number of nitro groups is 1. The monoisotopic (exact) mass is 415 g/mol. The zero-order valence-corrected chi connectivity index (χ0v) is 16.2. The molecule has 0 aliphatic carbocycles. The molecule has 0 heterocycles. The number of benzene rings is 2. The van der Waals surface area contributed by atoms with Crippen LogP contribution in [0, 0.1) is 10.1 Å². The number of hydrogen-bond donors (Lipinski definition) is 2. The second kappa shape index (κ2) is 11.3. The highest BCUT2D eigenvalue weighted by Gasteiger charge is 2.22. The fourth-order valence-electron chi connectivity index (χ4n) is 2.52. The Morgan fingerprint density at radius 2 is 1.63 bits per heavy atom. The molecule has 0 unspecified atom stereocenters. The van der Waals surface area contributed by atoms with E-state index in [0.29, 0.717) is 5.69 Å². The van der Waals surface area contributed by atoms with Crippen molar-refractivity contribution in [2.45, 2.75) is 12.5 Å². The van der Waals surface area contributed by atoms with Crippen LogP contribution in [-0.4, -0.2) is 49.1 Å². The standard InChI is InChI=1S/C20H21N3O7/c1-29-20(26)17(11-14-5-3-2-4-6-14)22-19(25)13-30-12-18(24)21-15-7-9-16(10-8-15)23(27)28/h2-10,17H,11-13H2,1H3,(H,21,24)(H,22,25)/t17-/m0/s1. The Bertz CT molecular complexity index is 885. The third kappa shape index (κ3) is 7.32. The van der Waals surface area contributed by atoms with Gasteiger partial charge in [0.05, 0.1) is 12.0 Å². The molecule has 0 bridgehead atoms. The molecule has 0 spiro atoms. The van der Waals surface area contributed by atoms with Gasteiger partial charge in [0.25, 0.3) is 5.69 Å². The predicted molar refractivity (Wildman–Crippen MR) is 107 cm³/mol. The second-order valence-electron chi connectivity index (χ2n) is 6.18. The summed E-state index contributed by atoms with van der Waals surface area (Å²) in [6, 6.07) is 13.5. The summed E-state index contributed by atoms with van der Waals surface area (Å²) in [5.74, 6) is -1.71. The smallest absolute Gasteiger partial charge is 0.328 e. The summed E-state index contributed by atoms with van der Waals surface area (Å²) < 4.78 is 9.79. The molecular weight excluding hydrogens is 394 g/mol. The Morgan fingerprint density at radius 1 is 1.00 bits per heavy atom. The summed E-state index contributed by atoms with van der Waals surface area (Å²) in [7, 11) is 1.23. The summed E-state index contributed by atoms with van der Waals surface area (Å²) in [6.07, 6.45) is 0.250. The maximum Gasteiger partial charge on any atom is 0.328 e. The summed E-state index contributed by atoms with van der Waals surface area (Å²) in [5.41, 5.74) is 1.10. The topological polar surface area (TPSA) is 137 Å². The van der Waals surface area contributed by atoms with Crippen LogP contribution in [0.25, 0.3) is 0 Å². The highest BCUT2D eigenvalue weighted by molar-refractivity contribution is 5.92. The number of ether oxygens (including phenoxy) is 2. The van der Waals surface area contributed by atoms with E-state index in [1.54, 1.807) is 0 Å². The lowest BCUT2D eigenvalue weighted by molar-refractivity contribution is -0.384. The van der Waals surface area contributed by atoms with E-state index in [1.165, 1.54) is 31.4 Å². The van der Waals surface area contributed by atoms with Gasteiger partial charge in [-0.05, 0) is 17.7 Å². The quantitative estimate of drug-likeness (QED) is 0.340. The van der Waals surface area contributed by atoms with Gasteiger partial charge < -0.3 is 20.1 Å². The molecule has 1 atom stereocenters. The number of nitro benzene ring substituents is 1. The van der Waals surface area contributed by atoms with Crippen molar-refractivity contribution in [2.75, 3.05) is 25.6 Å². The van der Waals surface area contributed by atoms with Crippen molar-refractivity contribution < 1.29 is 28.8 Å². The number of hydrogen-bond acceptors (Lipinski definition) is 7. The lowest BCUT2D eigenvalue weighted by Gasteiger charge is -2.16. The fourth-order valence-corrected chi connectivity index (χ4v) is 2.52. The molecule has 0 saturated carbocycles. The van der Waals surface area contributed by atoms with Crippen LogP contribution in [-0.2, 0) is 30.3 Å². The van der Waals surface area contributed by atoms with Gasteiger partial charge in [-0.3, -0.25) is 19.7 Å². The molecule has 2 amide bonds. The average molecular weight is 415 g/mol. The van der Waals surface area contributed by atoms with E-state index in [9.17, 15) is 24.5 Å². The molecule has 30 heavy (non-hydrogen) atoms. The van der Waals surface area contributed by atoms with Crippen molar-refractivity contribution >= 4 is 29.2 Å². The minimum absolute atomic E-state index is 0.100. The van der Waals surface area contributed by atoms with Crippen molar-refractivity contribution in [1.29, 1.82) is 0 Å². The van der Waals surface area contributed by atoms with Gasteiger partial charge in [-0.2, -0.15) is 0 Å². The normalized spacial score (nSPS) is 11.2. The zero-order valence-electron chi connectivity index (χ0n) is 16.2. The third-order valence-electron chi connectivity index (χ3n) is 3.93. The lowest BCUT2D eigenvalue weighted by Crippen LogP contribution is -2.44. The van der Waals surface area contributed by atoms with Gasteiger partial charge in [-0.1, -0.05) is 30.3 Å². The molecule has 10 heteroatoms. The van der Waals surface area contributed by atoms with Gasteiger partial charge in [-0.15, -0.1) is 0 Å². The first-order valence-electron chi connectivity index (χ1n) is 8.92. The van der Waals surface area contributed by atoms with Crippen LogP contribution in [0.2, 0.25) is 0 Å². The van der Waals surface area contributed by atoms with E-state index in [-0.39, 0.29) is 12.1 Å². The summed E-state index contributed by atoms with van der Waals surface area (Å²) in [4.78, 5) is 45.9. The highest BCUT2D eigenvalue weighted by atomic mass is 16.6. The van der Waals surface area contributed by atoms with Crippen molar-refractivity contribution in [3.05, 3.63) is 70.3 Å². The zero-order chi connectivity index (χ0) is 21.9. The fraction of sp³-hybridized carbons (Fsp3) is 0.250. The summed E-state index contributed by atoms with van der Waals surface area (Å²) >= 11 is 0. The first-order valence-corrected chi connectivity index (χ1v) is 8.92. The number of amides is 2. The first kappa shape index (κ1) is 22.5. The van der Waals surface area contributed by atoms with E-state index in [2.05, 4.69) is 10.6 Å². The molecule has 0 saturated heterocycles. The number of anilines is 1. The van der Waals surface area contributed by atoms with Crippen LogP contribution in [0.4, 0.5) is 11.4 Å². The van der Waals surface area contributed by atoms with Crippen LogP contribution in [0.3, 0.4) is 0 Å². The van der Waals surface area contributed by atoms with Gasteiger partial charge >= 0.3 is 5.97 Å². The van der Waals surface area contributed by atoms with Crippen molar-refractivity contribution in [2.24, 2.45) is 0 Å². The average Bonchev–Trinajstić information content (AvgIpc) is 2.73. The number of rotatable bonds is 10. The maximum atomic E-state index is 12.1. The molecule has 158 valence electrons. The van der Waals surface area contributed by atoms with Crippen molar-refractivity contribution in [3.63, 3.8) is 0 Å². The van der Waals surface area contributed by atoms with Crippen molar-refractivity contribution in [3.8, 4) is 0 Å². The minimum Gasteiger partial charge on any atom is -0.467 e. The van der Waals surface area contributed by atoms with Gasteiger partial charge in [0, 0.05) is 24.2 Å². The molecule has 2 aromatic carbocycles. The predicted octanol–water partition coefficient (Wildman–Crippen LogP) is 1.45. The maximum absolute atomic E-state index is 12.1. The Balaban J connectivity index is 1.78. The van der Waals surface area contributed by atoms with Gasteiger partial charge in [0.15, 0.2) is 0 Å². The van der Waals surface area contributed by atoms with Gasteiger partial charge in [0.1, 0.15) is 19.3 Å². The van der Waals surface area contributed by atoms with Gasteiger partial charge in [-0.25, -0.2) is 4.79 Å². The molecule has 0 aromatic heterocycles. The van der Waals surface area contributed by atoms with E-state index in [0.717, 1.165) is 5.56 Å². The Hall–Kier alpha value is -3.79. The van der Waals surface area contributed by atoms with Crippen LogP contribution < -0.4 is 10.6 Å². The van der Waals surface area contributed by atoms with E-state index in [4.69, 9.17) is 9.47 Å². The van der Waals surface area contributed by atoms with Crippen LogP contribution >= 0.6 is 0 Å². The molecule has 10 nitrogen and oxygen atoms in total. The Morgan fingerprint density at radius 3 is 2.23 bits per heavy atom. The number of esters is 1. The number of carbonyl (C=O) groups is 3. The Labute approximate surface area is 172 Å². The van der Waals surface area contributed by atoms with Gasteiger partial charge in [0.2, 0.25) is 11.8 Å². The SMILES string of the molecule is COC(=O)[C@H](Cc1ccccc1)NC(=O)COCC(=O)Nc1ccc([N+](=O)[O-])cc1. The molecule has 0 aliphatic heterocycles. The lowest BCUT2D eigenvalue weighted by atomic mass is 10.1.